The number of rotatable bonds is 6. The zero-order chi connectivity index (χ0) is 25.1. The number of piperidine rings is 1. The van der Waals surface area contributed by atoms with Gasteiger partial charge in [-0.2, -0.15) is 0 Å². The van der Waals surface area contributed by atoms with Gasteiger partial charge in [0, 0.05) is 48.6 Å². The lowest BCUT2D eigenvalue weighted by Gasteiger charge is -2.32. The molecule has 8 nitrogen and oxygen atoms in total. The topological polar surface area (TPSA) is 96.0 Å². The van der Waals surface area contributed by atoms with Crippen molar-refractivity contribution in [2.75, 3.05) is 31.6 Å². The van der Waals surface area contributed by atoms with E-state index in [4.69, 9.17) is 4.74 Å². The van der Waals surface area contributed by atoms with Crippen LogP contribution >= 0.6 is 11.3 Å². The molecule has 0 bridgehead atoms. The lowest BCUT2D eigenvalue weighted by molar-refractivity contribution is -0.142. The van der Waals surface area contributed by atoms with Crippen molar-refractivity contribution in [3.63, 3.8) is 0 Å². The minimum Gasteiger partial charge on any atom is -0.469 e. The van der Waals surface area contributed by atoms with E-state index in [2.05, 4.69) is 5.32 Å². The van der Waals surface area contributed by atoms with E-state index in [1.807, 2.05) is 26.0 Å². The highest BCUT2D eigenvalue weighted by Crippen LogP contribution is 2.27. The molecular weight excluding hydrogens is 466 g/mol. The van der Waals surface area contributed by atoms with E-state index in [1.54, 1.807) is 28.0 Å². The highest BCUT2D eigenvalue weighted by atomic mass is 32.1. The predicted octanol–water partition coefficient (Wildman–Crippen LogP) is 3.32. The lowest BCUT2D eigenvalue weighted by Crippen LogP contribution is -2.40. The van der Waals surface area contributed by atoms with Gasteiger partial charge in [0.1, 0.15) is 0 Å². The Hall–Kier alpha value is -3.20. The lowest BCUT2D eigenvalue weighted by atomic mass is 9.94. The van der Waals surface area contributed by atoms with Gasteiger partial charge in [-0.25, -0.2) is 0 Å². The maximum Gasteiger partial charge on any atom is 0.305 e. The molecule has 0 aliphatic carbocycles. The fraction of sp³-hybridized carbons (Fsp3) is 0.462. The molecule has 2 aliphatic heterocycles. The van der Waals surface area contributed by atoms with Gasteiger partial charge in [0.25, 0.3) is 11.8 Å². The number of hydrogen-bond acceptors (Lipinski definition) is 6. The number of nitrogens with one attached hydrogen (secondary N) is 1. The molecule has 2 fully saturated rings. The van der Waals surface area contributed by atoms with Gasteiger partial charge in [-0.05, 0) is 68.5 Å². The highest BCUT2D eigenvalue weighted by molar-refractivity contribution is 7.13. The molecule has 0 spiro atoms. The maximum atomic E-state index is 13.2. The van der Waals surface area contributed by atoms with Crippen molar-refractivity contribution >= 4 is 40.7 Å². The molecule has 2 saturated heterocycles. The van der Waals surface area contributed by atoms with E-state index in [0.29, 0.717) is 36.5 Å². The SMILES string of the molecule is COC(=O)CC1CCCN(C(=O)c2ccc(N3CC(NC(=O)c4ccc(C)s4)CC3=O)cc2C)C1. The van der Waals surface area contributed by atoms with E-state index in [9.17, 15) is 19.2 Å². The molecule has 1 N–H and O–H groups in total. The number of nitrogens with zero attached hydrogens (tertiary/aromatic N) is 2. The Labute approximate surface area is 209 Å². The number of carbonyl (C=O) groups excluding carboxylic acids is 4. The summed E-state index contributed by atoms with van der Waals surface area (Å²) in [5.41, 5.74) is 2.10. The Morgan fingerprint density at radius 3 is 2.63 bits per heavy atom. The molecule has 0 saturated carbocycles. The van der Waals surface area contributed by atoms with Gasteiger partial charge < -0.3 is 19.9 Å². The van der Waals surface area contributed by atoms with Crippen LogP contribution in [-0.4, -0.2) is 61.4 Å². The highest BCUT2D eigenvalue weighted by Gasteiger charge is 2.33. The second kappa shape index (κ2) is 10.6. The molecule has 2 atom stereocenters. The van der Waals surface area contributed by atoms with Crippen LogP contribution in [0.15, 0.2) is 30.3 Å². The van der Waals surface area contributed by atoms with Crippen molar-refractivity contribution < 1.29 is 23.9 Å². The normalized spacial score (nSPS) is 20.1. The number of esters is 1. The van der Waals surface area contributed by atoms with E-state index in [0.717, 1.165) is 29.0 Å². The van der Waals surface area contributed by atoms with Crippen molar-refractivity contribution in [2.45, 2.75) is 45.6 Å². The largest absolute Gasteiger partial charge is 0.469 e. The van der Waals surface area contributed by atoms with Crippen LogP contribution in [0.25, 0.3) is 0 Å². The molecular formula is C26H31N3O5S. The molecule has 4 rings (SSSR count). The van der Waals surface area contributed by atoms with E-state index in [-0.39, 0.29) is 42.1 Å². The third-order valence-electron chi connectivity index (χ3n) is 6.67. The van der Waals surface area contributed by atoms with E-state index in [1.165, 1.54) is 18.4 Å². The average Bonchev–Trinajstić information content (AvgIpc) is 3.43. The molecule has 0 radical (unpaired) electrons. The fourth-order valence-electron chi connectivity index (χ4n) is 4.83. The van der Waals surface area contributed by atoms with Crippen molar-refractivity contribution in [3.05, 3.63) is 51.2 Å². The van der Waals surface area contributed by atoms with Gasteiger partial charge in [0.2, 0.25) is 5.91 Å². The van der Waals surface area contributed by atoms with Crippen molar-refractivity contribution in [1.82, 2.24) is 10.2 Å². The number of ether oxygens (including phenoxy) is 1. The van der Waals surface area contributed by atoms with Crippen LogP contribution in [0.2, 0.25) is 0 Å². The molecule has 3 amide bonds. The zero-order valence-electron chi connectivity index (χ0n) is 20.3. The zero-order valence-corrected chi connectivity index (χ0v) is 21.2. The quantitative estimate of drug-likeness (QED) is 0.618. The summed E-state index contributed by atoms with van der Waals surface area (Å²) in [4.78, 5) is 55.2. The van der Waals surface area contributed by atoms with Gasteiger partial charge in [-0.3, -0.25) is 19.2 Å². The van der Waals surface area contributed by atoms with Gasteiger partial charge in [0.15, 0.2) is 0 Å². The number of carbonyl (C=O) groups is 4. The van der Waals surface area contributed by atoms with Gasteiger partial charge in [-0.15, -0.1) is 11.3 Å². The van der Waals surface area contributed by atoms with Crippen molar-refractivity contribution in [3.8, 4) is 0 Å². The Morgan fingerprint density at radius 2 is 1.94 bits per heavy atom. The summed E-state index contributed by atoms with van der Waals surface area (Å²) >= 11 is 1.43. The van der Waals surface area contributed by atoms with Crippen LogP contribution in [0.3, 0.4) is 0 Å². The predicted molar refractivity (Wildman–Crippen MR) is 134 cm³/mol. The molecule has 3 heterocycles. The smallest absolute Gasteiger partial charge is 0.305 e. The van der Waals surface area contributed by atoms with Crippen LogP contribution in [-0.2, 0) is 14.3 Å². The van der Waals surface area contributed by atoms with Crippen molar-refractivity contribution in [2.24, 2.45) is 5.92 Å². The first-order valence-electron chi connectivity index (χ1n) is 11.9. The Kier molecular flexibility index (Phi) is 7.54. The number of likely N-dealkylation sites (tertiary alicyclic amines) is 1. The van der Waals surface area contributed by atoms with Crippen LogP contribution in [0.5, 0.6) is 0 Å². The summed E-state index contributed by atoms with van der Waals surface area (Å²) in [5, 5.41) is 2.96. The number of benzene rings is 1. The molecule has 1 aromatic carbocycles. The summed E-state index contributed by atoms with van der Waals surface area (Å²) < 4.78 is 4.78. The van der Waals surface area contributed by atoms with Crippen LogP contribution in [0.4, 0.5) is 5.69 Å². The summed E-state index contributed by atoms with van der Waals surface area (Å²) in [7, 11) is 1.38. The minimum absolute atomic E-state index is 0.0576. The molecule has 35 heavy (non-hydrogen) atoms. The first-order valence-corrected chi connectivity index (χ1v) is 12.7. The van der Waals surface area contributed by atoms with Crippen molar-refractivity contribution in [1.29, 1.82) is 0 Å². The Bertz CT molecular complexity index is 1140. The monoisotopic (exact) mass is 497 g/mol. The third-order valence-corrected chi connectivity index (χ3v) is 7.67. The number of anilines is 1. The molecule has 186 valence electrons. The molecule has 2 unspecified atom stereocenters. The summed E-state index contributed by atoms with van der Waals surface area (Å²) in [6.07, 6.45) is 2.31. The summed E-state index contributed by atoms with van der Waals surface area (Å²) in [6.45, 7) is 5.40. The second-order valence-corrected chi connectivity index (χ2v) is 10.6. The number of amides is 3. The first kappa shape index (κ1) is 24.9. The average molecular weight is 498 g/mol. The van der Waals surface area contributed by atoms with E-state index >= 15 is 0 Å². The molecule has 2 aliphatic rings. The Morgan fingerprint density at radius 1 is 1.14 bits per heavy atom. The molecule has 9 heteroatoms. The molecule has 1 aromatic heterocycles. The second-order valence-electron chi connectivity index (χ2n) is 9.33. The van der Waals surface area contributed by atoms with Gasteiger partial charge >= 0.3 is 5.97 Å². The number of thiophene rings is 1. The Balaban J connectivity index is 1.40. The maximum absolute atomic E-state index is 13.2. The minimum atomic E-state index is -0.265. The molecule has 2 aromatic rings. The first-order chi connectivity index (χ1) is 16.7. The van der Waals surface area contributed by atoms with Crippen LogP contribution in [0, 0.1) is 19.8 Å². The van der Waals surface area contributed by atoms with Gasteiger partial charge in [-0.1, -0.05) is 0 Å². The summed E-state index contributed by atoms with van der Waals surface area (Å²) in [5.74, 6) is -0.426. The number of methoxy groups -OCH3 is 1. The summed E-state index contributed by atoms with van der Waals surface area (Å²) in [6, 6.07) is 8.85. The number of hydrogen-bond donors (Lipinski definition) is 1. The van der Waals surface area contributed by atoms with E-state index < -0.39 is 0 Å². The standard InChI is InChI=1S/C26H31N3O5S/c1-16-11-20(29-15-19(13-23(29)30)27-25(32)22-9-6-17(2)35-22)7-8-21(16)26(33)28-10-4-5-18(14-28)12-24(31)34-3/h6-9,11,18-19H,4-5,10,12-15H2,1-3H3,(H,27,32). The van der Waals surface area contributed by atoms with Crippen LogP contribution < -0.4 is 10.2 Å². The fourth-order valence-corrected chi connectivity index (χ4v) is 5.60. The van der Waals surface area contributed by atoms with Gasteiger partial charge in [0.05, 0.1) is 18.0 Å². The third kappa shape index (κ3) is 5.73. The van der Waals surface area contributed by atoms with Crippen LogP contribution in [0.1, 0.15) is 56.2 Å². The number of aryl methyl sites for hydroxylation is 2.